The molecule has 110 valence electrons. The number of amides is 1. The number of nitrogens with zero attached hydrogens (tertiary/aromatic N) is 1. The summed E-state index contributed by atoms with van der Waals surface area (Å²) in [5.74, 6) is 0.882. The number of carbonyl (C=O) groups excluding carboxylic acids is 2. The van der Waals surface area contributed by atoms with Gasteiger partial charge in [-0.25, -0.2) is 0 Å². The second kappa shape index (κ2) is 7.83. The minimum absolute atomic E-state index is 0.0911. The average molecular weight is 275 g/mol. The molecule has 1 atom stereocenters. The van der Waals surface area contributed by atoms with E-state index in [0.29, 0.717) is 25.4 Å². The summed E-state index contributed by atoms with van der Waals surface area (Å²) in [6, 6.07) is 0. The molecule has 1 amide bonds. The lowest BCUT2D eigenvalue weighted by Gasteiger charge is -2.24. The van der Waals surface area contributed by atoms with E-state index in [2.05, 4.69) is 20.4 Å². The lowest BCUT2D eigenvalue weighted by Crippen LogP contribution is -2.33. The standard InChI is InChI=1S/C17H25NO2/c1-5-6-7-16-12-18(17(20)14(16)4)11-15(8-9-19)10-13(2)3/h5-7,9,13,15H,1,8,10-12H2,2-4H3/b7-6-/t15-/m1/s1. The van der Waals surface area contributed by atoms with Gasteiger partial charge in [0.1, 0.15) is 6.29 Å². The Morgan fingerprint density at radius 2 is 2.10 bits per heavy atom. The Labute approximate surface area is 122 Å². The van der Waals surface area contributed by atoms with E-state index < -0.39 is 0 Å². The number of allylic oxidation sites excluding steroid dienone is 2. The Morgan fingerprint density at radius 1 is 1.40 bits per heavy atom. The minimum Gasteiger partial charge on any atom is -0.334 e. The largest absolute Gasteiger partial charge is 0.334 e. The summed E-state index contributed by atoms with van der Waals surface area (Å²) in [5.41, 5.74) is 1.85. The van der Waals surface area contributed by atoms with Crippen molar-refractivity contribution < 1.29 is 9.59 Å². The van der Waals surface area contributed by atoms with Gasteiger partial charge in [-0.1, -0.05) is 38.7 Å². The maximum atomic E-state index is 12.2. The number of aldehydes is 1. The van der Waals surface area contributed by atoms with Gasteiger partial charge in [-0.3, -0.25) is 4.79 Å². The van der Waals surface area contributed by atoms with Crippen molar-refractivity contribution in [2.24, 2.45) is 11.8 Å². The van der Waals surface area contributed by atoms with Gasteiger partial charge < -0.3 is 9.69 Å². The molecule has 0 aromatic rings. The zero-order chi connectivity index (χ0) is 15.1. The van der Waals surface area contributed by atoms with E-state index in [9.17, 15) is 9.59 Å². The molecule has 20 heavy (non-hydrogen) atoms. The molecule has 3 heteroatoms. The molecule has 0 spiro atoms. The predicted molar refractivity (Wildman–Crippen MR) is 82.2 cm³/mol. The summed E-state index contributed by atoms with van der Waals surface area (Å²) in [6.45, 7) is 11.1. The lowest BCUT2D eigenvalue weighted by atomic mass is 9.94. The molecule has 1 aliphatic rings. The van der Waals surface area contributed by atoms with Gasteiger partial charge in [-0.2, -0.15) is 0 Å². The average Bonchev–Trinajstić information content (AvgIpc) is 2.64. The summed E-state index contributed by atoms with van der Waals surface area (Å²) >= 11 is 0. The van der Waals surface area contributed by atoms with E-state index in [1.54, 1.807) is 6.08 Å². The van der Waals surface area contributed by atoms with Gasteiger partial charge in [0.15, 0.2) is 0 Å². The molecule has 0 N–H and O–H groups in total. The van der Waals surface area contributed by atoms with Crippen LogP contribution in [0.25, 0.3) is 0 Å². The van der Waals surface area contributed by atoms with Crippen molar-refractivity contribution in [1.82, 2.24) is 4.90 Å². The molecule has 1 aliphatic heterocycles. The molecule has 0 radical (unpaired) electrons. The Morgan fingerprint density at radius 3 is 2.65 bits per heavy atom. The molecule has 0 unspecified atom stereocenters. The number of hydrogen-bond acceptors (Lipinski definition) is 2. The molecule has 3 nitrogen and oxygen atoms in total. The number of rotatable bonds is 8. The first-order valence-electron chi connectivity index (χ1n) is 7.21. The zero-order valence-corrected chi connectivity index (χ0v) is 12.8. The molecule has 0 fully saturated rings. The summed E-state index contributed by atoms with van der Waals surface area (Å²) in [5, 5.41) is 0. The predicted octanol–water partition coefficient (Wildman–Crippen LogP) is 3.14. The summed E-state index contributed by atoms with van der Waals surface area (Å²) in [4.78, 5) is 24.9. The van der Waals surface area contributed by atoms with Crippen LogP contribution in [0.3, 0.4) is 0 Å². The molecule has 0 aromatic carbocycles. The first kappa shape index (κ1) is 16.4. The maximum absolute atomic E-state index is 12.2. The third-order valence-electron chi connectivity index (χ3n) is 3.60. The van der Waals surface area contributed by atoms with Gasteiger partial charge >= 0.3 is 0 Å². The van der Waals surface area contributed by atoms with Crippen molar-refractivity contribution in [2.45, 2.75) is 33.6 Å². The van der Waals surface area contributed by atoms with Crippen LogP contribution in [0.5, 0.6) is 0 Å². The smallest absolute Gasteiger partial charge is 0.250 e. The van der Waals surface area contributed by atoms with Crippen molar-refractivity contribution >= 4 is 12.2 Å². The monoisotopic (exact) mass is 275 g/mol. The minimum atomic E-state index is 0.0911. The van der Waals surface area contributed by atoms with Crippen LogP contribution < -0.4 is 0 Å². The molecule has 1 heterocycles. The van der Waals surface area contributed by atoms with Crippen LogP contribution in [0.2, 0.25) is 0 Å². The maximum Gasteiger partial charge on any atom is 0.250 e. The second-order valence-corrected chi connectivity index (χ2v) is 5.83. The highest BCUT2D eigenvalue weighted by Gasteiger charge is 2.28. The van der Waals surface area contributed by atoms with Crippen LogP contribution in [0.4, 0.5) is 0 Å². The summed E-state index contributed by atoms with van der Waals surface area (Å²) in [6.07, 6.45) is 7.97. The zero-order valence-electron chi connectivity index (χ0n) is 12.8. The molecular formula is C17H25NO2. The van der Waals surface area contributed by atoms with Gasteiger partial charge in [0.05, 0.1) is 0 Å². The van der Waals surface area contributed by atoms with Crippen LogP contribution in [0.15, 0.2) is 36.0 Å². The highest BCUT2D eigenvalue weighted by Crippen LogP contribution is 2.23. The fraction of sp³-hybridized carbons (Fsp3) is 0.529. The van der Waals surface area contributed by atoms with Gasteiger partial charge in [-0.15, -0.1) is 0 Å². The lowest BCUT2D eigenvalue weighted by molar-refractivity contribution is -0.126. The molecular weight excluding hydrogens is 250 g/mol. The molecule has 0 aliphatic carbocycles. The normalized spacial score (nSPS) is 17.4. The highest BCUT2D eigenvalue weighted by atomic mass is 16.2. The van der Waals surface area contributed by atoms with Gasteiger partial charge in [0, 0.05) is 25.1 Å². The first-order chi connectivity index (χ1) is 9.49. The quantitative estimate of drug-likeness (QED) is 0.504. The molecule has 1 rings (SSSR count). The van der Waals surface area contributed by atoms with E-state index >= 15 is 0 Å². The molecule has 0 saturated heterocycles. The Hall–Kier alpha value is -1.64. The van der Waals surface area contributed by atoms with Crippen molar-refractivity contribution in [3.05, 3.63) is 36.0 Å². The SMILES string of the molecule is C=C/C=C\C1=C(C)C(=O)N(C[C@H](CC=O)CC(C)C)C1. The van der Waals surface area contributed by atoms with E-state index in [4.69, 9.17) is 0 Å². The third-order valence-corrected chi connectivity index (χ3v) is 3.60. The topological polar surface area (TPSA) is 37.4 Å². The highest BCUT2D eigenvalue weighted by molar-refractivity contribution is 5.97. The van der Waals surface area contributed by atoms with Crippen molar-refractivity contribution in [2.75, 3.05) is 13.1 Å². The van der Waals surface area contributed by atoms with Crippen molar-refractivity contribution in [1.29, 1.82) is 0 Å². The van der Waals surface area contributed by atoms with Crippen molar-refractivity contribution in [3.63, 3.8) is 0 Å². The van der Waals surface area contributed by atoms with E-state index in [1.807, 2.05) is 24.0 Å². The molecule has 0 aromatic heterocycles. The van der Waals surface area contributed by atoms with Gasteiger partial charge in [0.25, 0.3) is 0 Å². The number of carbonyl (C=O) groups is 2. The Kier molecular flexibility index (Phi) is 6.43. The van der Waals surface area contributed by atoms with E-state index in [-0.39, 0.29) is 11.8 Å². The Bertz CT molecular complexity index is 432. The van der Waals surface area contributed by atoms with Crippen LogP contribution >= 0.6 is 0 Å². The summed E-state index contributed by atoms with van der Waals surface area (Å²) in [7, 11) is 0. The van der Waals surface area contributed by atoms with Crippen molar-refractivity contribution in [3.8, 4) is 0 Å². The third kappa shape index (κ3) is 4.48. The van der Waals surface area contributed by atoms with Gasteiger partial charge in [0.2, 0.25) is 5.91 Å². The second-order valence-electron chi connectivity index (χ2n) is 5.83. The van der Waals surface area contributed by atoms with Crippen LogP contribution in [0, 0.1) is 11.8 Å². The van der Waals surface area contributed by atoms with E-state index in [1.165, 1.54) is 0 Å². The molecule has 0 saturated carbocycles. The van der Waals surface area contributed by atoms with Crippen LogP contribution in [0.1, 0.15) is 33.6 Å². The summed E-state index contributed by atoms with van der Waals surface area (Å²) < 4.78 is 0. The van der Waals surface area contributed by atoms with Gasteiger partial charge in [-0.05, 0) is 30.8 Å². The van der Waals surface area contributed by atoms with E-state index in [0.717, 1.165) is 23.9 Å². The van der Waals surface area contributed by atoms with Crippen LogP contribution in [-0.2, 0) is 9.59 Å². The first-order valence-corrected chi connectivity index (χ1v) is 7.21. The fourth-order valence-corrected chi connectivity index (χ4v) is 2.64. The molecule has 0 bridgehead atoms. The fourth-order valence-electron chi connectivity index (χ4n) is 2.64. The number of hydrogen-bond donors (Lipinski definition) is 0. The van der Waals surface area contributed by atoms with Crippen LogP contribution in [-0.4, -0.2) is 30.2 Å². The Balaban J connectivity index is 2.70.